The average Bonchev–Trinajstić information content (AvgIpc) is 3.01. The molecule has 7 aliphatic rings. The van der Waals surface area contributed by atoms with Crippen LogP contribution in [0.1, 0.15) is 148 Å². The molecule has 0 N–H and O–H groups in total. The molecule has 7 aliphatic carbocycles. The van der Waals surface area contributed by atoms with Gasteiger partial charge in [0.25, 0.3) is 0 Å². The molecule has 6 bridgehead atoms. The quantitative estimate of drug-likeness (QED) is 0.425. The van der Waals surface area contributed by atoms with E-state index in [0.29, 0.717) is 0 Å². The fourth-order valence-corrected chi connectivity index (χ4v) is 11.7. The standard InChI is InChI=1S/C30H50/c1-7-24-8-2-14-27(13-1)30(22-16-24,29-19-5-11-26(23-29)12-6-20-29)28-17-3-9-25(15-21-28)10-4-18-28/h24-27H,1-23H2. The average molecular weight is 411 g/mol. The summed E-state index contributed by atoms with van der Waals surface area (Å²) in [4.78, 5) is 0. The van der Waals surface area contributed by atoms with Gasteiger partial charge in [-0.15, -0.1) is 0 Å². The molecule has 0 aromatic heterocycles. The van der Waals surface area contributed by atoms with Crippen LogP contribution in [0.2, 0.25) is 0 Å². The van der Waals surface area contributed by atoms with E-state index in [1.54, 1.807) is 148 Å². The van der Waals surface area contributed by atoms with Gasteiger partial charge in [-0.1, -0.05) is 77.0 Å². The van der Waals surface area contributed by atoms with Crippen molar-refractivity contribution in [1.82, 2.24) is 0 Å². The van der Waals surface area contributed by atoms with Gasteiger partial charge in [0.2, 0.25) is 0 Å². The Kier molecular flexibility index (Phi) is 5.56. The van der Waals surface area contributed by atoms with Crippen LogP contribution in [-0.4, -0.2) is 0 Å². The summed E-state index contributed by atoms with van der Waals surface area (Å²) < 4.78 is 0. The van der Waals surface area contributed by atoms with Crippen molar-refractivity contribution in [2.24, 2.45) is 39.9 Å². The van der Waals surface area contributed by atoms with Gasteiger partial charge in [0, 0.05) is 0 Å². The van der Waals surface area contributed by atoms with Crippen LogP contribution in [0.15, 0.2) is 0 Å². The first-order valence-electron chi connectivity index (χ1n) is 14.8. The highest BCUT2D eigenvalue weighted by Gasteiger charge is 2.65. The SMILES string of the molecule is C1CC2CCCC(C1)C(C13CCCC(CCC1)CC3)(C13CCCC(CCC1)C3)CC2. The maximum absolute atomic E-state index is 1.67. The summed E-state index contributed by atoms with van der Waals surface area (Å²) in [6.07, 6.45) is 37.0. The summed E-state index contributed by atoms with van der Waals surface area (Å²) in [6.45, 7) is 0. The molecule has 0 aromatic carbocycles. The van der Waals surface area contributed by atoms with Crippen molar-refractivity contribution < 1.29 is 0 Å². The van der Waals surface area contributed by atoms with E-state index in [1.807, 2.05) is 0 Å². The molecule has 1 atom stereocenters. The molecule has 0 heteroatoms. The number of fused-ring (bicyclic) bond motifs is 13. The summed E-state index contributed by atoms with van der Waals surface area (Å²) in [5.74, 6) is 4.38. The molecular weight excluding hydrogens is 360 g/mol. The van der Waals surface area contributed by atoms with Gasteiger partial charge in [0.15, 0.2) is 0 Å². The highest BCUT2D eigenvalue weighted by molar-refractivity contribution is 5.15. The van der Waals surface area contributed by atoms with Crippen LogP contribution in [0.3, 0.4) is 0 Å². The molecule has 0 nitrogen and oxygen atoms in total. The van der Waals surface area contributed by atoms with Gasteiger partial charge in [0.1, 0.15) is 0 Å². The van der Waals surface area contributed by atoms with Gasteiger partial charge in [-0.25, -0.2) is 0 Å². The lowest BCUT2D eigenvalue weighted by molar-refractivity contribution is -0.198. The van der Waals surface area contributed by atoms with Crippen LogP contribution in [0, 0.1) is 39.9 Å². The third-order valence-electron chi connectivity index (χ3n) is 12.6. The molecule has 30 heavy (non-hydrogen) atoms. The fraction of sp³-hybridized carbons (Fsp3) is 1.00. The lowest BCUT2D eigenvalue weighted by Crippen LogP contribution is -2.61. The fourth-order valence-electron chi connectivity index (χ4n) is 11.7. The number of rotatable bonds is 2. The van der Waals surface area contributed by atoms with E-state index < -0.39 is 0 Å². The molecule has 0 spiro atoms. The first-order valence-corrected chi connectivity index (χ1v) is 14.8. The van der Waals surface area contributed by atoms with E-state index in [4.69, 9.17) is 0 Å². The van der Waals surface area contributed by atoms with Gasteiger partial charge in [-0.3, -0.25) is 0 Å². The minimum Gasteiger partial charge on any atom is -0.0528 e. The van der Waals surface area contributed by atoms with E-state index in [2.05, 4.69) is 0 Å². The van der Waals surface area contributed by atoms with Crippen LogP contribution in [0.5, 0.6) is 0 Å². The highest BCUT2D eigenvalue weighted by atomic mass is 14.7. The molecular formula is C30H50. The van der Waals surface area contributed by atoms with Gasteiger partial charge in [0.05, 0.1) is 0 Å². The minimum absolute atomic E-state index is 0.734. The van der Waals surface area contributed by atoms with E-state index in [9.17, 15) is 0 Å². The lowest BCUT2D eigenvalue weighted by Gasteiger charge is -2.69. The molecule has 0 amide bonds. The lowest BCUT2D eigenvalue weighted by atomic mass is 9.35. The van der Waals surface area contributed by atoms with Crippen molar-refractivity contribution in [3.05, 3.63) is 0 Å². The molecule has 1 unspecified atom stereocenters. The summed E-state index contributed by atoms with van der Waals surface area (Å²) in [5, 5.41) is 0. The second kappa shape index (κ2) is 8.09. The number of hydrogen-bond donors (Lipinski definition) is 0. The molecule has 7 saturated carbocycles. The first-order chi connectivity index (χ1) is 14.8. The van der Waals surface area contributed by atoms with Crippen molar-refractivity contribution >= 4 is 0 Å². The summed E-state index contributed by atoms with van der Waals surface area (Å²) in [5.41, 5.74) is 2.22. The normalized spacial score (nSPS) is 52.0. The van der Waals surface area contributed by atoms with Gasteiger partial charge in [-0.05, 0) is 111 Å². The molecule has 7 rings (SSSR count). The van der Waals surface area contributed by atoms with Crippen molar-refractivity contribution in [2.75, 3.05) is 0 Å². The summed E-state index contributed by atoms with van der Waals surface area (Å²) in [7, 11) is 0. The molecule has 170 valence electrons. The zero-order chi connectivity index (χ0) is 20.1. The molecule has 7 fully saturated rings. The Labute approximate surface area is 187 Å². The topological polar surface area (TPSA) is 0 Å². The molecule has 0 radical (unpaired) electrons. The molecule has 0 aromatic rings. The third-order valence-corrected chi connectivity index (χ3v) is 12.6. The van der Waals surface area contributed by atoms with Gasteiger partial charge in [-0.2, -0.15) is 0 Å². The summed E-state index contributed by atoms with van der Waals surface area (Å²) >= 11 is 0. The minimum atomic E-state index is 0.734. The Morgan fingerprint density at radius 2 is 0.867 bits per heavy atom. The Balaban J connectivity index is 1.51. The third kappa shape index (κ3) is 3.11. The Morgan fingerprint density at radius 1 is 0.367 bits per heavy atom. The van der Waals surface area contributed by atoms with Crippen LogP contribution in [0.25, 0.3) is 0 Å². The predicted molar refractivity (Wildman–Crippen MR) is 127 cm³/mol. The van der Waals surface area contributed by atoms with E-state index in [1.165, 1.54) is 0 Å². The maximum atomic E-state index is 1.67. The van der Waals surface area contributed by atoms with Crippen LogP contribution in [-0.2, 0) is 0 Å². The Bertz CT molecular complexity index is 573. The van der Waals surface area contributed by atoms with E-state index >= 15 is 0 Å². The van der Waals surface area contributed by atoms with Crippen LogP contribution >= 0.6 is 0 Å². The maximum Gasteiger partial charge on any atom is -0.0156 e. The molecule has 0 heterocycles. The van der Waals surface area contributed by atoms with Crippen molar-refractivity contribution in [3.8, 4) is 0 Å². The first kappa shape index (κ1) is 20.6. The predicted octanol–water partition coefficient (Wildman–Crippen LogP) is 9.46. The van der Waals surface area contributed by atoms with Gasteiger partial charge >= 0.3 is 0 Å². The molecule has 0 saturated heterocycles. The van der Waals surface area contributed by atoms with Crippen molar-refractivity contribution in [2.45, 2.75) is 148 Å². The molecule has 0 aliphatic heterocycles. The highest BCUT2D eigenvalue weighted by Crippen LogP contribution is 2.74. The smallest absolute Gasteiger partial charge is 0.0156 e. The monoisotopic (exact) mass is 410 g/mol. The van der Waals surface area contributed by atoms with Crippen LogP contribution < -0.4 is 0 Å². The second-order valence-electron chi connectivity index (χ2n) is 13.5. The summed E-state index contributed by atoms with van der Waals surface area (Å²) in [6, 6.07) is 0. The van der Waals surface area contributed by atoms with Crippen molar-refractivity contribution in [3.63, 3.8) is 0 Å². The van der Waals surface area contributed by atoms with Gasteiger partial charge < -0.3 is 0 Å². The zero-order valence-electron chi connectivity index (χ0n) is 20.1. The number of hydrogen-bond acceptors (Lipinski definition) is 0. The second-order valence-corrected chi connectivity index (χ2v) is 13.5. The van der Waals surface area contributed by atoms with Crippen LogP contribution in [0.4, 0.5) is 0 Å². The largest absolute Gasteiger partial charge is 0.0528 e. The Morgan fingerprint density at radius 3 is 1.50 bits per heavy atom. The van der Waals surface area contributed by atoms with Crippen molar-refractivity contribution in [1.29, 1.82) is 0 Å². The van der Waals surface area contributed by atoms with E-state index in [0.717, 1.165) is 39.9 Å². The van der Waals surface area contributed by atoms with E-state index in [-0.39, 0.29) is 0 Å². The Hall–Kier alpha value is 0. The zero-order valence-corrected chi connectivity index (χ0v) is 20.1.